The van der Waals surface area contributed by atoms with Crippen molar-refractivity contribution in [3.8, 4) is 0 Å². The summed E-state index contributed by atoms with van der Waals surface area (Å²) in [5.74, 6) is 0.344. The van der Waals surface area contributed by atoms with Gasteiger partial charge in [0, 0.05) is 30.4 Å². The molecule has 1 aliphatic heterocycles. The molecule has 1 aliphatic rings. The fraction of sp³-hybridized carbons (Fsp3) is 0.312. The Morgan fingerprint density at radius 1 is 1.25 bits per heavy atom. The lowest BCUT2D eigenvalue weighted by Crippen LogP contribution is -2.32. The van der Waals surface area contributed by atoms with Crippen LogP contribution in [0.4, 0.5) is 0 Å². The molecule has 2 atom stereocenters. The second-order valence-electron chi connectivity index (χ2n) is 5.36. The van der Waals surface area contributed by atoms with Gasteiger partial charge >= 0.3 is 0 Å². The number of amides is 1. The molecule has 4 heteroatoms. The molecule has 0 radical (unpaired) electrons. The average Bonchev–Trinajstić information content (AvgIpc) is 3.05. The first-order valence-corrected chi connectivity index (χ1v) is 7.73. The molecule has 2 N–H and O–H groups in total. The topological polar surface area (TPSA) is 46.3 Å². The highest BCUT2D eigenvalue weighted by Gasteiger charge is 2.34. The number of hydrogen-bond acceptors (Lipinski definition) is 3. The van der Waals surface area contributed by atoms with Gasteiger partial charge in [-0.1, -0.05) is 30.3 Å². The summed E-state index contributed by atoms with van der Waals surface area (Å²) in [6.07, 6.45) is 0. The zero-order valence-electron chi connectivity index (χ0n) is 11.5. The second-order valence-corrected chi connectivity index (χ2v) is 6.10. The van der Waals surface area contributed by atoms with E-state index < -0.39 is 0 Å². The van der Waals surface area contributed by atoms with E-state index in [1.807, 2.05) is 40.8 Å². The Kier molecular flexibility index (Phi) is 3.59. The minimum atomic E-state index is 0.0142. The van der Waals surface area contributed by atoms with Crippen molar-refractivity contribution in [3.05, 3.63) is 57.8 Å². The maximum atomic E-state index is 12.5. The lowest BCUT2D eigenvalue weighted by molar-refractivity contribution is 0.0789. The van der Waals surface area contributed by atoms with Crippen LogP contribution in [0.5, 0.6) is 0 Å². The van der Waals surface area contributed by atoms with Gasteiger partial charge in [-0.3, -0.25) is 4.79 Å². The van der Waals surface area contributed by atoms with Crippen LogP contribution in [0.25, 0.3) is 0 Å². The standard InChI is InChI=1S/C16H18N2OS/c1-11-9-20-10-14(11)16(19)18-7-13(15(17)8-18)12-5-3-2-4-6-12/h2-6,9-10,13,15H,7-8,17H2,1H3/t13-,15+/m0/s1. The number of rotatable bonds is 2. The fourth-order valence-electron chi connectivity index (χ4n) is 2.80. The van der Waals surface area contributed by atoms with Crippen LogP contribution in [0.1, 0.15) is 27.4 Å². The molecule has 0 bridgehead atoms. The molecule has 1 amide bonds. The van der Waals surface area contributed by atoms with Crippen LogP contribution in [-0.2, 0) is 0 Å². The van der Waals surface area contributed by atoms with E-state index in [0.717, 1.165) is 11.1 Å². The van der Waals surface area contributed by atoms with Crippen LogP contribution in [-0.4, -0.2) is 29.9 Å². The summed E-state index contributed by atoms with van der Waals surface area (Å²) in [5, 5.41) is 3.94. The first-order valence-electron chi connectivity index (χ1n) is 6.79. The Balaban J connectivity index is 1.79. The minimum absolute atomic E-state index is 0.0142. The van der Waals surface area contributed by atoms with Crippen molar-refractivity contribution in [2.45, 2.75) is 18.9 Å². The molecule has 0 spiro atoms. The highest BCUT2D eigenvalue weighted by Crippen LogP contribution is 2.28. The van der Waals surface area contributed by atoms with Crippen LogP contribution < -0.4 is 5.73 Å². The van der Waals surface area contributed by atoms with Crippen molar-refractivity contribution >= 4 is 17.2 Å². The average molecular weight is 286 g/mol. The third kappa shape index (κ3) is 2.37. The summed E-state index contributed by atoms with van der Waals surface area (Å²) in [7, 11) is 0. The van der Waals surface area contributed by atoms with Crippen LogP contribution in [0.15, 0.2) is 41.1 Å². The maximum absolute atomic E-state index is 12.5. The van der Waals surface area contributed by atoms with Crippen LogP contribution in [0.2, 0.25) is 0 Å². The highest BCUT2D eigenvalue weighted by atomic mass is 32.1. The van der Waals surface area contributed by atoms with Gasteiger partial charge in [-0.2, -0.15) is 11.3 Å². The Bertz CT molecular complexity index is 608. The first kappa shape index (κ1) is 13.3. The molecule has 1 aromatic heterocycles. The molecule has 1 fully saturated rings. The molecule has 3 nitrogen and oxygen atoms in total. The number of carbonyl (C=O) groups excluding carboxylic acids is 1. The van der Waals surface area contributed by atoms with Gasteiger partial charge in [0.25, 0.3) is 5.91 Å². The van der Waals surface area contributed by atoms with Crippen LogP contribution >= 0.6 is 11.3 Å². The van der Waals surface area contributed by atoms with Crippen LogP contribution in [0.3, 0.4) is 0 Å². The SMILES string of the molecule is Cc1cscc1C(=O)N1C[C@@H](N)[C@H](c2ccccc2)C1. The molecule has 2 heterocycles. The summed E-state index contributed by atoms with van der Waals surface area (Å²) in [6.45, 7) is 3.32. The molecule has 3 rings (SSSR count). The van der Waals surface area contributed by atoms with E-state index in [0.29, 0.717) is 13.1 Å². The largest absolute Gasteiger partial charge is 0.336 e. The number of carbonyl (C=O) groups is 1. The van der Waals surface area contributed by atoms with E-state index in [1.165, 1.54) is 5.56 Å². The minimum Gasteiger partial charge on any atom is -0.336 e. The number of hydrogen-bond donors (Lipinski definition) is 1. The predicted molar refractivity (Wildman–Crippen MR) is 82.1 cm³/mol. The summed E-state index contributed by atoms with van der Waals surface area (Å²) in [4.78, 5) is 14.4. The Labute approximate surface area is 123 Å². The van der Waals surface area contributed by atoms with Gasteiger partial charge in [-0.25, -0.2) is 0 Å². The number of likely N-dealkylation sites (tertiary alicyclic amines) is 1. The summed E-state index contributed by atoms with van der Waals surface area (Å²) in [6, 6.07) is 10.2. The molecule has 104 valence electrons. The first-order chi connectivity index (χ1) is 9.66. The maximum Gasteiger partial charge on any atom is 0.255 e. The predicted octanol–water partition coefficient (Wildman–Crippen LogP) is 2.62. The van der Waals surface area contributed by atoms with Crippen molar-refractivity contribution < 1.29 is 4.79 Å². The van der Waals surface area contributed by atoms with Crippen molar-refractivity contribution in [1.29, 1.82) is 0 Å². The van der Waals surface area contributed by atoms with Gasteiger partial charge in [0.05, 0.1) is 5.56 Å². The highest BCUT2D eigenvalue weighted by molar-refractivity contribution is 7.08. The number of thiophene rings is 1. The smallest absolute Gasteiger partial charge is 0.255 e. The van der Waals surface area contributed by atoms with Crippen molar-refractivity contribution in [2.75, 3.05) is 13.1 Å². The van der Waals surface area contributed by atoms with Gasteiger partial charge in [0.2, 0.25) is 0 Å². The Morgan fingerprint density at radius 2 is 2.00 bits per heavy atom. The normalized spacial score (nSPS) is 22.2. The van der Waals surface area contributed by atoms with E-state index in [-0.39, 0.29) is 17.9 Å². The van der Waals surface area contributed by atoms with E-state index in [9.17, 15) is 4.79 Å². The zero-order chi connectivity index (χ0) is 14.1. The lowest BCUT2D eigenvalue weighted by Gasteiger charge is -2.16. The van der Waals surface area contributed by atoms with Gasteiger partial charge in [0.15, 0.2) is 0 Å². The van der Waals surface area contributed by atoms with Crippen molar-refractivity contribution in [3.63, 3.8) is 0 Å². The van der Waals surface area contributed by atoms with Crippen molar-refractivity contribution in [1.82, 2.24) is 4.90 Å². The van der Waals surface area contributed by atoms with E-state index in [4.69, 9.17) is 5.73 Å². The van der Waals surface area contributed by atoms with Gasteiger partial charge < -0.3 is 10.6 Å². The van der Waals surface area contributed by atoms with E-state index in [1.54, 1.807) is 11.3 Å². The molecule has 0 aliphatic carbocycles. The fourth-order valence-corrected chi connectivity index (χ4v) is 3.62. The molecule has 0 saturated carbocycles. The number of aryl methyl sites for hydroxylation is 1. The quantitative estimate of drug-likeness (QED) is 0.922. The third-order valence-electron chi connectivity index (χ3n) is 3.97. The number of nitrogens with zero attached hydrogens (tertiary/aromatic N) is 1. The summed E-state index contributed by atoms with van der Waals surface area (Å²) >= 11 is 1.57. The molecule has 1 aromatic carbocycles. The lowest BCUT2D eigenvalue weighted by atomic mass is 9.95. The molecule has 1 saturated heterocycles. The second kappa shape index (κ2) is 5.38. The Hall–Kier alpha value is -1.65. The van der Waals surface area contributed by atoms with Crippen molar-refractivity contribution in [2.24, 2.45) is 5.73 Å². The number of nitrogens with two attached hydrogens (primary N) is 1. The Morgan fingerprint density at radius 3 is 2.65 bits per heavy atom. The summed E-state index contributed by atoms with van der Waals surface area (Å²) in [5.41, 5.74) is 9.33. The monoisotopic (exact) mass is 286 g/mol. The molecule has 2 aromatic rings. The van der Waals surface area contributed by atoms with Gasteiger partial charge in [-0.05, 0) is 23.4 Å². The molecular formula is C16H18N2OS. The number of benzene rings is 1. The van der Waals surface area contributed by atoms with E-state index >= 15 is 0 Å². The van der Waals surface area contributed by atoms with E-state index in [2.05, 4.69) is 12.1 Å². The molecule has 0 unspecified atom stereocenters. The third-order valence-corrected chi connectivity index (χ3v) is 4.83. The molecular weight excluding hydrogens is 268 g/mol. The molecule has 20 heavy (non-hydrogen) atoms. The van der Waals surface area contributed by atoms with Gasteiger partial charge in [-0.15, -0.1) is 0 Å². The zero-order valence-corrected chi connectivity index (χ0v) is 12.3. The van der Waals surface area contributed by atoms with Gasteiger partial charge in [0.1, 0.15) is 0 Å². The summed E-state index contributed by atoms with van der Waals surface area (Å²) < 4.78 is 0. The van der Waals surface area contributed by atoms with Crippen LogP contribution in [0, 0.1) is 6.92 Å².